The summed E-state index contributed by atoms with van der Waals surface area (Å²) in [6.07, 6.45) is 0. The lowest BCUT2D eigenvalue weighted by atomic mass is 10.1. The van der Waals surface area contributed by atoms with E-state index in [1.165, 1.54) is 48.4 Å². The van der Waals surface area contributed by atoms with Crippen LogP contribution in [-0.2, 0) is 22.7 Å². The average molecular weight is 384 g/mol. The number of carboxylic acid groups (broad SMARTS) is 2. The minimum Gasteiger partial charge on any atom is -0.473 e. The highest BCUT2D eigenvalue weighted by Crippen LogP contribution is 2.13. The number of carboxylic acids is 2. The SMILES string of the molecule is Cc1cccc(CN2CCN(Cc3cccc(C)c3)CC2)c1.O=C(O)C(=O)O. The van der Waals surface area contributed by atoms with Crippen LogP contribution in [0.25, 0.3) is 0 Å². The third-order valence-electron chi connectivity index (χ3n) is 4.63. The maximum atomic E-state index is 9.10. The first-order valence-corrected chi connectivity index (χ1v) is 9.35. The number of carbonyl (C=O) groups is 2. The summed E-state index contributed by atoms with van der Waals surface area (Å²) in [5.41, 5.74) is 5.59. The number of aliphatic carboxylic acids is 2. The molecule has 3 rings (SSSR count). The molecule has 150 valence electrons. The minimum atomic E-state index is -1.82. The van der Waals surface area contributed by atoms with Crippen LogP contribution >= 0.6 is 0 Å². The van der Waals surface area contributed by atoms with Gasteiger partial charge >= 0.3 is 11.9 Å². The molecule has 0 bridgehead atoms. The van der Waals surface area contributed by atoms with Crippen molar-refractivity contribution in [1.29, 1.82) is 0 Å². The van der Waals surface area contributed by atoms with Crippen molar-refractivity contribution in [3.05, 3.63) is 70.8 Å². The van der Waals surface area contributed by atoms with E-state index in [9.17, 15) is 0 Å². The van der Waals surface area contributed by atoms with Crippen LogP contribution in [0.4, 0.5) is 0 Å². The van der Waals surface area contributed by atoms with Gasteiger partial charge in [0.1, 0.15) is 0 Å². The van der Waals surface area contributed by atoms with Gasteiger partial charge in [-0.3, -0.25) is 9.80 Å². The van der Waals surface area contributed by atoms with E-state index in [1.807, 2.05) is 0 Å². The molecule has 1 fully saturated rings. The number of nitrogens with zero attached hydrogens (tertiary/aromatic N) is 2. The molecule has 0 unspecified atom stereocenters. The highest BCUT2D eigenvalue weighted by molar-refractivity contribution is 6.27. The predicted octanol–water partition coefficient (Wildman–Crippen LogP) is 2.78. The molecular formula is C22H28N2O4. The van der Waals surface area contributed by atoms with Gasteiger partial charge in [-0.2, -0.15) is 0 Å². The lowest BCUT2D eigenvalue weighted by molar-refractivity contribution is -0.159. The monoisotopic (exact) mass is 384 g/mol. The molecule has 1 aliphatic rings. The summed E-state index contributed by atoms with van der Waals surface area (Å²) in [6.45, 7) is 11.2. The number of benzene rings is 2. The molecule has 2 aromatic rings. The van der Waals surface area contributed by atoms with Crippen LogP contribution in [0.15, 0.2) is 48.5 Å². The topological polar surface area (TPSA) is 81.1 Å². The van der Waals surface area contributed by atoms with Crippen LogP contribution in [0.3, 0.4) is 0 Å². The van der Waals surface area contributed by atoms with E-state index in [0.717, 1.165) is 13.1 Å². The summed E-state index contributed by atoms with van der Waals surface area (Å²) in [7, 11) is 0. The molecule has 1 saturated heterocycles. The minimum absolute atomic E-state index is 1.08. The van der Waals surface area contributed by atoms with E-state index in [1.54, 1.807) is 0 Å². The lowest BCUT2D eigenvalue weighted by Crippen LogP contribution is -2.45. The van der Waals surface area contributed by atoms with Gasteiger partial charge in [0.05, 0.1) is 0 Å². The smallest absolute Gasteiger partial charge is 0.414 e. The fraction of sp³-hybridized carbons (Fsp3) is 0.364. The quantitative estimate of drug-likeness (QED) is 0.789. The second-order valence-corrected chi connectivity index (χ2v) is 7.14. The predicted molar refractivity (Wildman–Crippen MR) is 108 cm³/mol. The van der Waals surface area contributed by atoms with E-state index in [-0.39, 0.29) is 0 Å². The molecule has 6 heteroatoms. The number of rotatable bonds is 4. The van der Waals surface area contributed by atoms with Crippen molar-refractivity contribution in [1.82, 2.24) is 9.80 Å². The molecule has 0 saturated carbocycles. The van der Waals surface area contributed by atoms with Crippen molar-refractivity contribution in [3.8, 4) is 0 Å². The van der Waals surface area contributed by atoms with Gasteiger partial charge in [0.2, 0.25) is 0 Å². The Morgan fingerprint density at radius 3 is 1.39 bits per heavy atom. The molecule has 28 heavy (non-hydrogen) atoms. The average Bonchev–Trinajstić information content (AvgIpc) is 2.64. The second kappa shape index (κ2) is 10.6. The maximum absolute atomic E-state index is 9.10. The van der Waals surface area contributed by atoms with Crippen molar-refractivity contribution in [2.45, 2.75) is 26.9 Å². The molecule has 0 spiro atoms. The Bertz CT molecular complexity index is 731. The molecule has 0 amide bonds. The molecule has 0 aromatic heterocycles. The number of aryl methyl sites for hydroxylation is 2. The molecule has 0 aliphatic carbocycles. The van der Waals surface area contributed by atoms with E-state index >= 15 is 0 Å². The van der Waals surface area contributed by atoms with E-state index in [4.69, 9.17) is 19.8 Å². The van der Waals surface area contributed by atoms with E-state index < -0.39 is 11.9 Å². The Labute approximate surface area is 166 Å². The van der Waals surface area contributed by atoms with Gasteiger partial charge in [-0.1, -0.05) is 59.7 Å². The highest BCUT2D eigenvalue weighted by Gasteiger charge is 2.17. The lowest BCUT2D eigenvalue weighted by Gasteiger charge is -2.34. The number of hydrogen-bond acceptors (Lipinski definition) is 4. The Balaban J connectivity index is 0.000000409. The highest BCUT2D eigenvalue weighted by atomic mass is 16.4. The van der Waals surface area contributed by atoms with Gasteiger partial charge in [0.15, 0.2) is 0 Å². The molecule has 6 nitrogen and oxygen atoms in total. The third-order valence-corrected chi connectivity index (χ3v) is 4.63. The Morgan fingerprint density at radius 1 is 0.750 bits per heavy atom. The molecule has 1 heterocycles. The first kappa shape index (κ1) is 21.6. The van der Waals surface area contributed by atoms with Crippen LogP contribution in [0.2, 0.25) is 0 Å². The summed E-state index contributed by atoms with van der Waals surface area (Å²) in [5.74, 6) is -3.65. The van der Waals surface area contributed by atoms with Crippen LogP contribution < -0.4 is 0 Å². The van der Waals surface area contributed by atoms with Crippen molar-refractivity contribution >= 4 is 11.9 Å². The van der Waals surface area contributed by atoms with E-state index in [0.29, 0.717) is 0 Å². The fourth-order valence-corrected chi connectivity index (χ4v) is 3.24. The molecular weight excluding hydrogens is 356 g/mol. The normalized spacial score (nSPS) is 14.8. The summed E-state index contributed by atoms with van der Waals surface area (Å²) < 4.78 is 0. The van der Waals surface area contributed by atoms with Crippen molar-refractivity contribution in [2.24, 2.45) is 0 Å². The Kier molecular flexibility index (Phi) is 8.17. The standard InChI is InChI=1S/C20H26N2.C2H2O4/c1-17-5-3-7-19(13-17)15-21-9-11-22(12-10-21)16-20-8-4-6-18(2)14-20;3-1(4)2(5)6/h3-8,13-14H,9-12,15-16H2,1-2H3;(H,3,4)(H,5,6). The van der Waals surface area contributed by atoms with Gasteiger partial charge in [-0.25, -0.2) is 9.59 Å². The zero-order valence-corrected chi connectivity index (χ0v) is 16.5. The fourth-order valence-electron chi connectivity index (χ4n) is 3.24. The Hall–Kier alpha value is -2.70. The van der Waals surface area contributed by atoms with Gasteiger partial charge in [0.25, 0.3) is 0 Å². The van der Waals surface area contributed by atoms with Crippen molar-refractivity contribution in [2.75, 3.05) is 26.2 Å². The zero-order valence-electron chi connectivity index (χ0n) is 16.5. The van der Waals surface area contributed by atoms with Gasteiger partial charge < -0.3 is 10.2 Å². The summed E-state index contributed by atoms with van der Waals surface area (Å²) in [4.78, 5) is 23.3. The third kappa shape index (κ3) is 7.50. The maximum Gasteiger partial charge on any atom is 0.414 e. The summed E-state index contributed by atoms with van der Waals surface area (Å²) in [6, 6.07) is 17.8. The number of piperazine rings is 1. The van der Waals surface area contributed by atoms with Crippen LogP contribution in [0.5, 0.6) is 0 Å². The summed E-state index contributed by atoms with van der Waals surface area (Å²) in [5, 5.41) is 14.8. The zero-order chi connectivity index (χ0) is 20.5. The van der Waals surface area contributed by atoms with Gasteiger partial charge in [-0.15, -0.1) is 0 Å². The molecule has 1 aliphatic heterocycles. The first-order valence-electron chi connectivity index (χ1n) is 9.35. The van der Waals surface area contributed by atoms with E-state index in [2.05, 4.69) is 72.2 Å². The Morgan fingerprint density at radius 2 is 1.11 bits per heavy atom. The summed E-state index contributed by atoms with van der Waals surface area (Å²) >= 11 is 0. The molecule has 2 aromatic carbocycles. The van der Waals surface area contributed by atoms with Crippen LogP contribution in [-0.4, -0.2) is 58.1 Å². The molecule has 0 atom stereocenters. The van der Waals surface area contributed by atoms with Gasteiger partial charge in [-0.05, 0) is 25.0 Å². The van der Waals surface area contributed by atoms with Crippen molar-refractivity contribution in [3.63, 3.8) is 0 Å². The molecule has 2 N–H and O–H groups in total. The van der Waals surface area contributed by atoms with Crippen LogP contribution in [0.1, 0.15) is 22.3 Å². The number of hydrogen-bond donors (Lipinski definition) is 2. The second-order valence-electron chi connectivity index (χ2n) is 7.14. The van der Waals surface area contributed by atoms with Crippen molar-refractivity contribution < 1.29 is 19.8 Å². The first-order chi connectivity index (χ1) is 13.3. The van der Waals surface area contributed by atoms with Gasteiger partial charge in [0, 0.05) is 39.3 Å². The molecule has 0 radical (unpaired) electrons. The largest absolute Gasteiger partial charge is 0.473 e. The van der Waals surface area contributed by atoms with Crippen LogP contribution in [0, 0.1) is 13.8 Å².